The first-order chi connectivity index (χ1) is 8.28. The molecule has 1 heterocycles. The summed E-state index contributed by atoms with van der Waals surface area (Å²) in [5.41, 5.74) is 7.96. The molecule has 2 nitrogen and oxygen atoms in total. The summed E-state index contributed by atoms with van der Waals surface area (Å²) in [6.45, 7) is 2.40. The van der Waals surface area contributed by atoms with Gasteiger partial charge in [0.15, 0.2) is 0 Å². The molecule has 2 fully saturated rings. The number of benzene rings is 1. The smallest absolute Gasteiger partial charge is 0.0251 e. The predicted molar refractivity (Wildman–Crippen MR) is 70.9 cm³/mol. The van der Waals surface area contributed by atoms with Gasteiger partial charge in [0.1, 0.15) is 0 Å². The molecule has 0 radical (unpaired) electrons. The van der Waals surface area contributed by atoms with Crippen LogP contribution in [0.25, 0.3) is 0 Å². The fraction of sp³-hybridized carbons (Fsp3) is 0.600. The molecule has 2 N–H and O–H groups in total. The highest BCUT2D eigenvalue weighted by molar-refractivity contribution is 5.21. The van der Waals surface area contributed by atoms with Gasteiger partial charge in [0.05, 0.1) is 0 Å². The van der Waals surface area contributed by atoms with Crippen molar-refractivity contribution in [1.82, 2.24) is 4.90 Å². The normalized spacial score (nSPS) is 24.8. The fourth-order valence-corrected chi connectivity index (χ4v) is 3.10. The molecule has 1 aromatic rings. The summed E-state index contributed by atoms with van der Waals surface area (Å²) in [6, 6.07) is 11.4. The highest BCUT2D eigenvalue weighted by atomic mass is 15.2. The number of nitrogens with two attached hydrogens (primary N) is 1. The van der Waals surface area contributed by atoms with Crippen LogP contribution in [0.4, 0.5) is 0 Å². The van der Waals surface area contributed by atoms with Crippen molar-refractivity contribution in [2.75, 3.05) is 13.1 Å². The van der Waals surface area contributed by atoms with Gasteiger partial charge in [-0.05, 0) is 37.7 Å². The van der Waals surface area contributed by atoms with Crippen molar-refractivity contribution in [1.29, 1.82) is 0 Å². The molecule has 1 aliphatic carbocycles. The minimum absolute atomic E-state index is 0.443. The van der Waals surface area contributed by atoms with Gasteiger partial charge in [-0.3, -0.25) is 4.90 Å². The third kappa shape index (κ3) is 2.38. The molecular formula is C15H22N2. The Morgan fingerprint density at radius 3 is 2.35 bits per heavy atom. The third-order valence-corrected chi connectivity index (χ3v) is 4.41. The van der Waals surface area contributed by atoms with Crippen LogP contribution < -0.4 is 5.73 Å². The Morgan fingerprint density at radius 2 is 1.76 bits per heavy atom. The van der Waals surface area contributed by atoms with E-state index >= 15 is 0 Å². The first kappa shape index (κ1) is 11.2. The molecule has 0 amide bonds. The molecule has 17 heavy (non-hydrogen) atoms. The molecule has 0 aromatic heterocycles. The van der Waals surface area contributed by atoms with E-state index in [4.69, 9.17) is 5.73 Å². The Bertz CT molecular complexity index is 362. The lowest BCUT2D eigenvalue weighted by Gasteiger charge is -2.37. The van der Waals surface area contributed by atoms with Crippen molar-refractivity contribution < 1.29 is 0 Å². The van der Waals surface area contributed by atoms with Gasteiger partial charge in [0, 0.05) is 24.7 Å². The maximum absolute atomic E-state index is 5.99. The summed E-state index contributed by atoms with van der Waals surface area (Å²) >= 11 is 0. The zero-order valence-electron chi connectivity index (χ0n) is 10.4. The summed E-state index contributed by atoms with van der Waals surface area (Å²) in [4.78, 5) is 2.70. The summed E-state index contributed by atoms with van der Waals surface area (Å²) in [7, 11) is 0. The summed E-state index contributed by atoms with van der Waals surface area (Å²) < 4.78 is 0. The molecule has 0 atom stereocenters. The second kappa shape index (κ2) is 4.43. The van der Waals surface area contributed by atoms with Crippen molar-refractivity contribution in [3.63, 3.8) is 0 Å². The molecule has 0 spiro atoms. The lowest BCUT2D eigenvalue weighted by atomic mass is 9.98. The molecular weight excluding hydrogens is 208 g/mol. The van der Waals surface area contributed by atoms with Crippen LogP contribution in [0.2, 0.25) is 0 Å². The number of nitrogens with zero attached hydrogens (tertiary/aromatic N) is 1. The second-order valence-electron chi connectivity index (χ2n) is 5.71. The van der Waals surface area contributed by atoms with E-state index in [1.165, 1.54) is 50.8 Å². The summed E-state index contributed by atoms with van der Waals surface area (Å²) in [5, 5.41) is 0. The molecule has 1 saturated heterocycles. The third-order valence-electron chi connectivity index (χ3n) is 4.41. The van der Waals surface area contributed by atoms with Crippen LogP contribution in [-0.2, 0) is 6.42 Å². The lowest BCUT2D eigenvalue weighted by Crippen LogP contribution is -2.47. The molecule has 0 bridgehead atoms. The Morgan fingerprint density at radius 1 is 1.12 bits per heavy atom. The van der Waals surface area contributed by atoms with Gasteiger partial charge in [-0.1, -0.05) is 30.3 Å². The first-order valence-corrected chi connectivity index (χ1v) is 6.83. The van der Waals surface area contributed by atoms with Crippen LogP contribution in [-0.4, -0.2) is 29.6 Å². The molecule has 1 aromatic carbocycles. The van der Waals surface area contributed by atoms with Crippen molar-refractivity contribution in [3.8, 4) is 0 Å². The Labute approximate surface area is 104 Å². The summed E-state index contributed by atoms with van der Waals surface area (Å²) in [5.74, 6) is 0. The largest absolute Gasteiger partial charge is 0.328 e. The molecule has 2 heteroatoms. The lowest BCUT2D eigenvalue weighted by molar-refractivity contribution is 0.135. The quantitative estimate of drug-likeness (QED) is 0.862. The monoisotopic (exact) mass is 230 g/mol. The highest BCUT2D eigenvalue weighted by Gasteiger charge is 2.48. The van der Waals surface area contributed by atoms with Crippen molar-refractivity contribution in [3.05, 3.63) is 35.9 Å². The number of rotatable bonds is 3. The van der Waals surface area contributed by atoms with Crippen LogP contribution in [0, 0.1) is 0 Å². The molecule has 3 rings (SSSR count). The van der Waals surface area contributed by atoms with E-state index in [0.717, 1.165) is 0 Å². The molecule has 2 aliphatic rings. The van der Waals surface area contributed by atoms with Gasteiger partial charge < -0.3 is 5.73 Å². The molecule has 1 saturated carbocycles. The van der Waals surface area contributed by atoms with E-state index in [-0.39, 0.29) is 0 Å². The van der Waals surface area contributed by atoms with Gasteiger partial charge in [0.2, 0.25) is 0 Å². The van der Waals surface area contributed by atoms with Crippen molar-refractivity contribution >= 4 is 0 Å². The van der Waals surface area contributed by atoms with Crippen molar-refractivity contribution in [2.45, 2.75) is 43.7 Å². The minimum atomic E-state index is 0.443. The Kier molecular flexibility index (Phi) is 2.93. The van der Waals surface area contributed by atoms with E-state index in [0.29, 0.717) is 11.6 Å². The second-order valence-corrected chi connectivity index (χ2v) is 5.71. The van der Waals surface area contributed by atoms with E-state index in [9.17, 15) is 0 Å². The van der Waals surface area contributed by atoms with Crippen LogP contribution in [0.3, 0.4) is 0 Å². The zero-order chi connectivity index (χ0) is 11.7. The highest BCUT2D eigenvalue weighted by Crippen LogP contribution is 2.45. The maximum atomic E-state index is 5.99. The Hall–Kier alpha value is -0.860. The molecule has 0 unspecified atom stereocenters. The summed E-state index contributed by atoms with van der Waals surface area (Å²) in [6.07, 6.45) is 6.32. The van der Waals surface area contributed by atoms with Gasteiger partial charge in [-0.2, -0.15) is 0 Å². The van der Waals surface area contributed by atoms with Gasteiger partial charge >= 0.3 is 0 Å². The molecule has 92 valence electrons. The number of hydrogen-bond donors (Lipinski definition) is 1. The van der Waals surface area contributed by atoms with Gasteiger partial charge in [-0.25, -0.2) is 0 Å². The number of hydrogen-bond acceptors (Lipinski definition) is 2. The topological polar surface area (TPSA) is 29.3 Å². The first-order valence-electron chi connectivity index (χ1n) is 6.83. The minimum Gasteiger partial charge on any atom is -0.328 e. The maximum Gasteiger partial charge on any atom is 0.0251 e. The van der Waals surface area contributed by atoms with Gasteiger partial charge in [0.25, 0.3) is 0 Å². The van der Waals surface area contributed by atoms with Crippen LogP contribution in [0.5, 0.6) is 0 Å². The van der Waals surface area contributed by atoms with Crippen LogP contribution >= 0.6 is 0 Å². The predicted octanol–water partition coefficient (Wildman–Crippen LogP) is 2.18. The Balaban J connectivity index is 1.66. The van der Waals surface area contributed by atoms with E-state index in [2.05, 4.69) is 35.2 Å². The van der Waals surface area contributed by atoms with Gasteiger partial charge in [-0.15, -0.1) is 0 Å². The zero-order valence-corrected chi connectivity index (χ0v) is 10.4. The van der Waals surface area contributed by atoms with E-state index < -0.39 is 0 Å². The van der Waals surface area contributed by atoms with E-state index in [1.807, 2.05) is 0 Å². The van der Waals surface area contributed by atoms with Crippen LogP contribution in [0.1, 0.15) is 31.2 Å². The standard InChI is InChI=1S/C15H22N2/c16-14-6-10-17(11-7-14)15(8-9-15)12-13-4-2-1-3-5-13/h1-5,14H,6-12,16H2. The molecule has 1 aliphatic heterocycles. The van der Waals surface area contributed by atoms with Crippen LogP contribution in [0.15, 0.2) is 30.3 Å². The number of likely N-dealkylation sites (tertiary alicyclic amines) is 1. The average molecular weight is 230 g/mol. The SMILES string of the molecule is NC1CCN(C2(Cc3ccccc3)CC2)CC1. The van der Waals surface area contributed by atoms with Crippen molar-refractivity contribution in [2.24, 2.45) is 5.73 Å². The van der Waals surface area contributed by atoms with E-state index in [1.54, 1.807) is 0 Å². The number of piperidine rings is 1. The fourth-order valence-electron chi connectivity index (χ4n) is 3.10. The average Bonchev–Trinajstić information content (AvgIpc) is 3.12.